The Kier molecular flexibility index (Phi) is 4.92. The van der Waals surface area contributed by atoms with E-state index >= 15 is 0 Å². The van der Waals surface area contributed by atoms with E-state index in [1.54, 1.807) is 0 Å². The molecular formula is C18H27NOS. The van der Waals surface area contributed by atoms with Crippen LogP contribution in [0.3, 0.4) is 0 Å². The van der Waals surface area contributed by atoms with Gasteiger partial charge in [0.2, 0.25) is 0 Å². The molecule has 1 heterocycles. The molecule has 0 bridgehead atoms. The smallest absolute Gasteiger partial charge is 0.0787 e. The van der Waals surface area contributed by atoms with E-state index in [1.165, 1.54) is 24.0 Å². The second-order valence-corrected chi connectivity index (χ2v) is 8.08. The summed E-state index contributed by atoms with van der Waals surface area (Å²) in [6.45, 7) is 2.92. The highest BCUT2D eigenvalue weighted by atomic mass is 32.2. The zero-order valence-corrected chi connectivity index (χ0v) is 13.8. The minimum Gasteiger partial charge on any atom is -0.389 e. The Morgan fingerprint density at radius 3 is 2.76 bits per heavy atom. The van der Waals surface area contributed by atoms with Gasteiger partial charge in [-0.15, -0.1) is 0 Å². The van der Waals surface area contributed by atoms with E-state index in [9.17, 15) is 5.11 Å². The number of hydrogen-bond acceptors (Lipinski definition) is 3. The Morgan fingerprint density at radius 1 is 1.33 bits per heavy atom. The standard InChI is InChI=1S/C18H27NOS/c1-14-3-2-4-15(11-14)12-17(16-5-6-16)19-13-18(20)7-9-21-10-8-18/h2-4,11,16-17,19-20H,5-10,12-13H2,1H3. The monoisotopic (exact) mass is 305 g/mol. The fourth-order valence-corrected chi connectivity index (χ4v) is 4.50. The summed E-state index contributed by atoms with van der Waals surface area (Å²) >= 11 is 1.97. The van der Waals surface area contributed by atoms with Crippen molar-refractivity contribution in [3.8, 4) is 0 Å². The Bertz CT molecular complexity index is 466. The third-order valence-electron chi connectivity index (χ3n) is 4.85. The van der Waals surface area contributed by atoms with Crippen molar-refractivity contribution in [3.63, 3.8) is 0 Å². The molecule has 2 nitrogen and oxygen atoms in total. The molecule has 0 aromatic heterocycles. The average molecular weight is 305 g/mol. The largest absolute Gasteiger partial charge is 0.389 e. The molecule has 2 N–H and O–H groups in total. The lowest BCUT2D eigenvalue weighted by Gasteiger charge is -2.34. The molecule has 1 aromatic rings. The van der Waals surface area contributed by atoms with E-state index in [0.717, 1.165) is 43.2 Å². The lowest BCUT2D eigenvalue weighted by atomic mass is 9.95. The van der Waals surface area contributed by atoms with Crippen LogP contribution >= 0.6 is 11.8 Å². The highest BCUT2D eigenvalue weighted by Crippen LogP contribution is 2.35. The van der Waals surface area contributed by atoms with Crippen LogP contribution in [0, 0.1) is 12.8 Å². The lowest BCUT2D eigenvalue weighted by molar-refractivity contribution is 0.0289. The molecule has 0 spiro atoms. The molecule has 2 fully saturated rings. The van der Waals surface area contributed by atoms with E-state index in [-0.39, 0.29) is 0 Å². The summed E-state index contributed by atoms with van der Waals surface area (Å²) in [5.41, 5.74) is 2.29. The molecule has 1 saturated heterocycles. The first-order valence-corrected chi connectivity index (χ1v) is 9.39. The van der Waals surface area contributed by atoms with E-state index in [0.29, 0.717) is 6.04 Å². The molecule has 1 aromatic carbocycles. The number of thioether (sulfide) groups is 1. The van der Waals surface area contributed by atoms with Crippen LogP contribution in [0.4, 0.5) is 0 Å². The third-order valence-corrected chi connectivity index (χ3v) is 5.83. The number of aryl methyl sites for hydroxylation is 1. The minimum absolute atomic E-state index is 0.467. The van der Waals surface area contributed by atoms with Crippen LogP contribution in [0.5, 0.6) is 0 Å². The maximum Gasteiger partial charge on any atom is 0.0787 e. The van der Waals surface area contributed by atoms with Gasteiger partial charge in [0.15, 0.2) is 0 Å². The van der Waals surface area contributed by atoms with Gasteiger partial charge in [0.05, 0.1) is 5.60 Å². The highest BCUT2D eigenvalue weighted by Gasteiger charge is 2.34. The van der Waals surface area contributed by atoms with Crippen molar-refractivity contribution in [2.75, 3.05) is 18.1 Å². The zero-order valence-electron chi connectivity index (χ0n) is 13.0. The van der Waals surface area contributed by atoms with Crippen molar-refractivity contribution in [1.29, 1.82) is 0 Å². The molecule has 1 aliphatic heterocycles. The Hall–Kier alpha value is -0.510. The lowest BCUT2D eigenvalue weighted by Crippen LogP contribution is -2.47. The summed E-state index contributed by atoms with van der Waals surface area (Å²) < 4.78 is 0. The molecular weight excluding hydrogens is 278 g/mol. The fraction of sp³-hybridized carbons (Fsp3) is 0.667. The van der Waals surface area contributed by atoms with Gasteiger partial charge < -0.3 is 10.4 Å². The first-order valence-electron chi connectivity index (χ1n) is 8.24. The summed E-state index contributed by atoms with van der Waals surface area (Å²) in [5.74, 6) is 3.01. The second-order valence-electron chi connectivity index (χ2n) is 6.85. The number of rotatable bonds is 6. The molecule has 1 saturated carbocycles. The van der Waals surface area contributed by atoms with Gasteiger partial charge in [-0.3, -0.25) is 0 Å². The van der Waals surface area contributed by atoms with Crippen molar-refractivity contribution in [2.24, 2.45) is 5.92 Å². The molecule has 1 atom stereocenters. The van der Waals surface area contributed by atoms with Crippen molar-refractivity contribution in [1.82, 2.24) is 5.32 Å². The van der Waals surface area contributed by atoms with Gasteiger partial charge in [0.1, 0.15) is 0 Å². The van der Waals surface area contributed by atoms with Crippen molar-refractivity contribution < 1.29 is 5.11 Å². The van der Waals surface area contributed by atoms with Crippen molar-refractivity contribution >= 4 is 11.8 Å². The molecule has 3 heteroatoms. The molecule has 1 unspecified atom stereocenters. The van der Waals surface area contributed by atoms with Gasteiger partial charge in [0, 0.05) is 12.6 Å². The van der Waals surface area contributed by atoms with Gasteiger partial charge in [-0.25, -0.2) is 0 Å². The van der Waals surface area contributed by atoms with Crippen LogP contribution in [-0.2, 0) is 6.42 Å². The van der Waals surface area contributed by atoms with Gasteiger partial charge in [0.25, 0.3) is 0 Å². The number of aliphatic hydroxyl groups is 1. The molecule has 116 valence electrons. The van der Waals surface area contributed by atoms with E-state index in [4.69, 9.17) is 0 Å². The highest BCUT2D eigenvalue weighted by molar-refractivity contribution is 7.99. The van der Waals surface area contributed by atoms with Crippen LogP contribution in [0.25, 0.3) is 0 Å². The second kappa shape index (κ2) is 6.72. The average Bonchev–Trinajstić information content (AvgIpc) is 3.29. The Morgan fingerprint density at radius 2 is 2.10 bits per heavy atom. The van der Waals surface area contributed by atoms with Crippen molar-refractivity contribution in [2.45, 2.75) is 50.7 Å². The fourth-order valence-electron chi connectivity index (χ4n) is 3.25. The Labute approximate surface area is 132 Å². The van der Waals surface area contributed by atoms with Crippen molar-refractivity contribution in [3.05, 3.63) is 35.4 Å². The summed E-state index contributed by atoms with van der Waals surface area (Å²) in [4.78, 5) is 0. The summed E-state index contributed by atoms with van der Waals surface area (Å²) in [5, 5.41) is 14.4. The summed E-state index contributed by atoms with van der Waals surface area (Å²) in [7, 11) is 0. The van der Waals surface area contributed by atoms with E-state index in [1.807, 2.05) is 11.8 Å². The first kappa shape index (κ1) is 15.4. The van der Waals surface area contributed by atoms with Gasteiger partial charge in [-0.2, -0.15) is 11.8 Å². The number of benzene rings is 1. The number of nitrogens with one attached hydrogen (secondary N) is 1. The molecule has 0 radical (unpaired) electrons. The van der Waals surface area contributed by atoms with Crippen LogP contribution in [0.2, 0.25) is 0 Å². The van der Waals surface area contributed by atoms with Crippen LogP contribution in [-0.4, -0.2) is 34.8 Å². The molecule has 21 heavy (non-hydrogen) atoms. The van der Waals surface area contributed by atoms with E-state index in [2.05, 4.69) is 36.5 Å². The minimum atomic E-state index is -0.467. The van der Waals surface area contributed by atoms with Crippen LogP contribution < -0.4 is 5.32 Å². The van der Waals surface area contributed by atoms with Crippen LogP contribution in [0.15, 0.2) is 24.3 Å². The molecule has 3 rings (SSSR count). The Balaban J connectivity index is 1.57. The predicted molar refractivity (Wildman–Crippen MR) is 90.9 cm³/mol. The number of hydrogen-bond donors (Lipinski definition) is 2. The first-order chi connectivity index (χ1) is 10.1. The predicted octanol–water partition coefficient (Wildman–Crippen LogP) is 3.16. The van der Waals surface area contributed by atoms with Crippen LogP contribution in [0.1, 0.15) is 36.8 Å². The SMILES string of the molecule is Cc1cccc(CC(NCC2(O)CCSCC2)C2CC2)c1. The van der Waals surface area contributed by atoms with Gasteiger partial charge in [-0.05, 0) is 62.0 Å². The summed E-state index contributed by atoms with van der Waals surface area (Å²) in [6, 6.07) is 9.37. The van der Waals surface area contributed by atoms with Gasteiger partial charge in [-0.1, -0.05) is 29.8 Å². The normalized spacial score (nSPS) is 23.0. The molecule has 1 aliphatic carbocycles. The molecule has 0 amide bonds. The summed E-state index contributed by atoms with van der Waals surface area (Å²) in [6.07, 6.45) is 5.66. The maximum absolute atomic E-state index is 10.7. The third kappa shape index (κ3) is 4.48. The zero-order chi connectivity index (χ0) is 14.7. The quantitative estimate of drug-likeness (QED) is 0.847. The topological polar surface area (TPSA) is 32.3 Å². The van der Waals surface area contributed by atoms with Gasteiger partial charge >= 0.3 is 0 Å². The molecule has 2 aliphatic rings. The maximum atomic E-state index is 10.7. The van der Waals surface area contributed by atoms with E-state index < -0.39 is 5.60 Å².